The van der Waals surface area contributed by atoms with Crippen LogP contribution in [0, 0.1) is 13.8 Å². The van der Waals surface area contributed by atoms with Crippen LogP contribution in [0.3, 0.4) is 0 Å². The third-order valence-corrected chi connectivity index (χ3v) is 3.59. The van der Waals surface area contributed by atoms with Crippen molar-refractivity contribution in [3.8, 4) is 5.75 Å². The van der Waals surface area contributed by atoms with Crippen molar-refractivity contribution >= 4 is 12.1 Å². The van der Waals surface area contributed by atoms with E-state index in [2.05, 4.69) is 30.4 Å². The molecule has 0 radical (unpaired) electrons. The molecule has 0 fully saturated rings. The predicted octanol–water partition coefficient (Wildman–Crippen LogP) is 3.96. The lowest BCUT2D eigenvalue weighted by Gasteiger charge is -2.14. The Bertz CT molecular complexity index is 736. The number of amides is 1. The predicted molar refractivity (Wildman–Crippen MR) is 97.7 cm³/mol. The van der Waals surface area contributed by atoms with Crippen LogP contribution in [0.1, 0.15) is 42.0 Å². The Morgan fingerprint density at radius 3 is 2.62 bits per heavy atom. The Kier molecular flexibility index (Phi) is 6.13. The molecule has 0 aromatic heterocycles. The standard InChI is InChI=1S/C20H24N2O2/c1-14(2)18-9-8-16(4)11-19(18)24-13-20(23)22-21-12-17-7-5-6-15(3)10-17/h5-12,14H,13H2,1-4H3,(H,22,23)/b21-12-. The fraction of sp³-hybridized carbons (Fsp3) is 0.300. The maximum Gasteiger partial charge on any atom is 0.277 e. The van der Waals surface area contributed by atoms with Crippen molar-refractivity contribution in [1.82, 2.24) is 5.43 Å². The van der Waals surface area contributed by atoms with Crippen LogP contribution in [-0.2, 0) is 4.79 Å². The van der Waals surface area contributed by atoms with E-state index in [9.17, 15) is 4.79 Å². The zero-order valence-corrected chi connectivity index (χ0v) is 14.7. The third-order valence-electron chi connectivity index (χ3n) is 3.59. The van der Waals surface area contributed by atoms with Gasteiger partial charge in [0.1, 0.15) is 5.75 Å². The Labute approximate surface area is 143 Å². The van der Waals surface area contributed by atoms with Crippen LogP contribution in [0.4, 0.5) is 0 Å². The fourth-order valence-electron chi connectivity index (χ4n) is 2.35. The van der Waals surface area contributed by atoms with Crippen LogP contribution in [0.5, 0.6) is 5.75 Å². The molecule has 4 nitrogen and oxygen atoms in total. The van der Waals surface area contributed by atoms with Gasteiger partial charge < -0.3 is 4.74 Å². The molecule has 0 spiro atoms. The van der Waals surface area contributed by atoms with Gasteiger partial charge in [0.2, 0.25) is 0 Å². The summed E-state index contributed by atoms with van der Waals surface area (Å²) in [5.74, 6) is 0.806. The summed E-state index contributed by atoms with van der Waals surface area (Å²) in [5.41, 5.74) is 6.78. The summed E-state index contributed by atoms with van der Waals surface area (Å²) in [6.07, 6.45) is 1.62. The molecule has 0 bridgehead atoms. The summed E-state index contributed by atoms with van der Waals surface area (Å²) in [5, 5.41) is 3.97. The molecule has 0 heterocycles. The van der Waals surface area contributed by atoms with Crippen molar-refractivity contribution in [2.45, 2.75) is 33.6 Å². The van der Waals surface area contributed by atoms with Gasteiger partial charge in [0.15, 0.2) is 6.61 Å². The van der Waals surface area contributed by atoms with Gasteiger partial charge in [-0.2, -0.15) is 5.10 Å². The van der Waals surface area contributed by atoms with E-state index in [4.69, 9.17) is 4.74 Å². The summed E-state index contributed by atoms with van der Waals surface area (Å²) in [6, 6.07) is 13.9. The molecular weight excluding hydrogens is 300 g/mol. The fourth-order valence-corrected chi connectivity index (χ4v) is 2.35. The molecule has 0 unspecified atom stereocenters. The molecule has 1 amide bonds. The Balaban J connectivity index is 1.91. The van der Waals surface area contributed by atoms with E-state index in [1.165, 1.54) is 0 Å². The molecule has 2 rings (SSSR count). The van der Waals surface area contributed by atoms with E-state index in [0.29, 0.717) is 5.92 Å². The average Bonchev–Trinajstić information content (AvgIpc) is 2.53. The average molecular weight is 324 g/mol. The van der Waals surface area contributed by atoms with Crippen molar-refractivity contribution in [2.75, 3.05) is 6.61 Å². The van der Waals surface area contributed by atoms with E-state index in [1.807, 2.05) is 50.2 Å². The lowest BCUT2D eigenvalue weighted by atomic mass is 10.0. The maximum atomic E-state index is 11.9. The minimum absolute atomic E-state index is 0.0612. The second-order valence-corrected chi connectivity index (χ2v) is 6.19. The minimum atomic E-state index is -0.282. The Morgan fingerprint density at radius 2 is 1.92 bits per heavy atom. The van der Waals surface area contributed by atoms with E-state index in [-0.39, 0.29) is 12.5 Å². The summed E-state index contributed by atoms with van der Waals surface area (Å²) >= 11 is 0. The first-order chi connectivity index (χ1) is 11.5. The van der Waals surface area contributed by atoms with Crippen LogP contribution >= 0.6 is 0 Å². The van der Waals surface area contributed by atoms with E-state index < -0.39 is 0 Å². The van der Waals surface area contributed by atoms with Crippen molar-refractivity contribution in [2.24, 2.45) is 5.10 Å². The molecule has 1 N–H and O–H groups in total. The number of carbonyl (C=O) groups is 1. The zero-order chi connectivity index (χ0) is 17.5. The van der Waals surface area contributed by atoms with Gasteiger partial charge in [-0.05, 0) is 42.5 Å². The molecule has 2 aromatic carbocycles. The summed E-state index contributed by atoms with van der Waals surface area (Å²) in [4.78, 5) is 11.9. The first-order valence-electron chi connectivity index (χ1n) is 8.07. The van der Waals surface area contributed by atoms with Gasteiger partial charge in [-0.15, -0.1) is 0 Å². The van der Waals surface area contributed by atoms with Gasteiger partial charge in [0.25, 0.3) is 5.91 Å². The summed E-state index contributed by atoms with van der Waals surface area (Å²) in [6.45, 7) is 8.16. The maximum absolute atomic E-state index is 11.9. The van der Waals surface area contributed by atoms with Crippen LogP contribution in [0.2, 0.25) is 0 Å². The first-order valence-corrected chi connectivity index (χ1v) is 8.07. The molecule has 0 saturated carbocycles. The number of carbonyl (C=O) groups excluding carboxylic acids is 1. The minimum Gasteiger partial charge on any atom is -0.483 e. The highest BCUT2D eigenvalue weighted by molar-refractivity contribution is 5.83. The molecule has 2 aromatic rings. The monoisotopic (exact) mass is 324 g/mol. The van der Waals surface area contributed by atoms with Crippen LogP contribution < -0.4 is 10.2 Å². The number of nitrogens with one attached hydrogen (secondary N) is 1. The molecule has 0 aliphatic carbocycles. The van der Waals surface area contributed by atoms with Crippen molar-refractivity contribution in [3.05, 3.63) is 64.7 Å². The normalized spacial score (nSPS) is 11.0. The molecule has 0 aliphatic rings. The van der Waals surface area contributed by atoms with Gasteiger partial charge in [-0.25, -0.2) is 5.43 Å². The molecule has 0 saturated heterocycles. The number of aryl methyl sites for hydroxylation is 2. The van der Waals surface area contributed by atoms with Crippen LogP contribution in [0.15, 0.2) is 47.6 Å². The van der Waals surface area contributed by atoms with Crippen LogP contribution in [0.25, 0.3) is 0 Å². The van der Waals surface area contributed by atoms with Crippen molar-refractivity contribution < 1.29 is 9.53 Å². The van der Waals surface area contributed by atoms with Crippen molar-refractivity contribution in [1.29, 1.82) is 0 Å². The van der Waals surface area contributed by atoms with E-state index in [1.54, 1.807) is 6.21 Å². The smallest absolute Gasteiger partial charge is 0.277 e. The van der Waals surface area contributed by atoms with E-state index >= 15 is 0 Å². The number of ether oxygens (including phenoxy) is 1. The number of rotatable bonds is 6. The van der Waals surface area contributed by atoms with Gasteiger partial charge in [-0.1, -0.05) is 55.8 Å². The number of hydrazone groups is 1. The Hall–Kier alpha value is -2.62. The quantitative estimate of drug-likeness (QED) is 0.646. The highest BCUT2D eigenvalue weighted by Crippen LogP contribution is 2.27. The second-order valence-electron chi connectivity index (χ2n) is 6.19. The number of benzene rings is 2. The lowest BCUT2D eigenvalue weighted by Crippen LogP contribution is -2.25. The summed E-state index contributed by atoms with van der Waals surface area (Å²) < 4.78 is 5.68. The number of nitrogens with zero attached hydrogens (tertiary/aromatic N) is 1. The molecule has 24 heavy (non-hydrogen) atoms. The Morgan fingerprint density at radius 1 is 1.17 bits per heavy atom. The third kappa shape index (κ3) is 5.23. The first kappa shape index (κ1) is 17.7. The van der Waals surface area contributed by atoms with Gasteiger partial charge in [0, 0.05) is 0 Å². The molecular formula is C20H24N2O2. The highest BCUT2D eigenvalue weighted by atomic mass is 16.5. The van der Waals surface area contributed by atoms with Crippen LogP contribution in [-0.4, -0.2) is 18.7 Å². The zero-order valence-electron chi connectivity index (χ0n) is 14.7. The van der Waals surface area contributed by atoms with Crippen molar-refractivity contribution in [3.63, 3.8) is 0 Å². The molecule has 4 heteroatoms. The van der Waals surface area contributed by atoms with E-state index in [0.717, 1.165) is 28.0 Å². The SMILES string of the molecule is Cc1cccc(/C=N\NC(=O)COc2cc(C)ccc2C(C)C)c1. The van der Waals surface area contributed by atoms with Gasteiger partial charge in [-0.3, -0.25) is 4.79 Å². The largest absolute Gasteiger partial charge is 0.483 e. The molecule has 126 valence electrons. The second kappa shape index (κ2) is 8.29. The number of hydrogen-bond acceptors (Lipinski definition) is 3. The van der Waals surface area contributed by atoms with Gasteiger partial charge in [0.05, 0.1) is 6.21 Å². The molecule has 0 atom stereocenters. The molecule has 0 aliphatic heterocycles. The highest BCUT2D eigenvalue weighted by Gasteiger charge is 2.09. The number of hydrogen-bond donors (Lipinski definition) is 1. The van der Waals surface area contributed by atoms with Gasteiger partial charge >= 0.3 is 0 Å². The summed E-state index contributed by atoms with van der Waals surface area (Å²) in [7, 11) is 0. The topological polar surface area (TPSA) is 50.7 Å². The lowest BCUT2D eigenvalue weighted by molar-refractivity contribution is -0.123.